The Morgan fingerprint density at radius 2 is 2.08 bits per heavy atom. The number of cyclic esters (lactones) is 1. The van der Waals surface area contributed by atoms with Crippen LogP contribution >= 0.6 is 31.9 Å². The normalized spacial score (nSPS) is 14.3. The minimum atomic E-state index is -0.244. The van der Waals surface area contributed by atoms with E-state index in [-0.39, 0.29) is 5.97 Å². The Morgan fingerprint density at radius 3 is 2.83 bits per heavy atom. The summed E-state index contributed by atoms with van der Waals surface area (Å²) in [5, 5.41) is 0. The van der Waals surface area contributed by atoms with E-state index in [1.807, 2.05) is 6.07 Å². The summed E-state index contributed by atoms with van der Waals surface area (Å²) in [5.41, 5.74) is 1.58. The van der Waals surface area contributed by atoms with E-state index >= 15 is 0 Å². The molecule has 2 rings (SSSR count). The molecule has 1 heterocycles. The van der Waals surface area contributed by atoms with Gasteiger partial charge in [0.15, 0.2) is 0 Å². The van der Waals surface area contributed by atoms with Crippen molar-refractivity contribution in [3.05, 3.63) is 32.2 Å². The number of fused-ring (bicyclic) bond motifs is 1. The van der Waals surface area contributed by atoms with E-state index in [1.165, 1.54) is 0 Å². The number of benzene rings is 1. The molecule has 1 aromatic rings. The third-order valence-corrected chi connectivity index (χ3v) is 2.89. The van der Waals surface area contributed by atoms with Crippen molar-refractivity contribution in [3.63, 3.8) is 0 Å². The summed E-state index contributed by atoms with van der Waals surface area (Å²) >= 11 is 6.67. The Bertz CT molecular complexity index is 360. The molecule has 1 aromatic carbocycles. The van der Waals surface area contributed by atoms with Crippen LogP contribution in [-0.4, -0.2) is 5.97 Å². The fourth-order valence-corrected chi connectivity index (χ4v) is 2.49. The molecular formula is C8H4Br2O2. The highest BCUT2D eigenvalue weighted by molar-refractivity contribution is 9.11. The predicted octanol–water partition coefficient (Wildman–Crippen LogP) is 2.88. The molecule has 0 bridgehead atoms. The smallest absolute Gasteiger partial charge is 0.338 e. The molecule has 0 fully saturated rings. The summed E-state index contributed by atoms with van der Waals surface area (Å²) < 4.78 is 6.67. The van der Waals surface area contributed by atoms with Crippen LogP contribution < -0.4 is 0 Å². The molecule has 12 heavy (non-hydrogen) atoms. The van der Waals surface area contributed by atoms with Crippen molar-refractivity contribution in [1.29, 1.82) is 0 Å². The van der Waals surface area contributed by atoms with Gasteiger partial charge in [-0.25, -0.2) is 4.79 Å². The third-order valence-electron chi connectivity index (χ3n) is 1.73. The van der Waals surface area contributed by atoms with Crippen LogP contribution in [0, 0.1) is 0 Å². The number of rotatable bonds is 0. The van der Waals surface area contributed by atoms with E-state index in [1.54, 1.807) is 6.07 Å². The summed E-state index contributed by atoms with van der Waals surface area (Å²) in [6, 6.07) is 3.68. The molecule has 0 aliphatic carbocycles. The lowest BCUT2D eigenvalue weighted by atomic mass is 10.1. The lowest BCUT2D eigenvalue weighted by Crippen LogP contribution is -1.93. The van der Waals surface area contributed by atoms with Gasteiger partial charge in [-0.2, -0.15) is 0 Å². The maximum atomic E-state index is 11.1. The molecule has 0 amide bonds. The zero-order valence-corrected chi connectivity index (χ0v) is 9.11. The van der Waals surface area contributed by atoms with E-state index in [2.05, 4.69) is 31.9 Å². The van der Waals surface area contributed by atoms with Crippen molar-refractivity contribution in [2.75, 3.05) is 0 Å². The zero-order valence-electron chi connectivity index (χ0n) is 5.93. The number of halogens is 2. The second-order valence-electron chi connectivity index (χ2n) is 2.49. The van der Waals surface area contributed by atoms with Gasteiger partial charge < -0.3 is 4.74 Å². The van der Waals surface area contributed by atoms with Crippen LogP contribution in [0.2, 0.25) is 0 Å². The van der Waals surface area contributed by atoms with Crippen LogP contribution in [0.25, 0.3) is 0 Å². The van der Waals surface area contributed by atoms with Crippen molar-refractivity contribution in [3.8, 4) is 0 Å². The first-order chi connectivity index (χ1) is 5.68. The van der Waals surface area contributed by atoms with Crippen molar-refractivity contribution in [2.45, 2.75) is 6.61 Å². The van der Waals surface area contributed by atoms with Crippen LogP contribution in [0.1, 0.15) is 15.9 Å². The molecule has 0 N–H and O–H groups in total. The Morgan fingerprint density at radius 1 is 1.33 bits per heavy atom. The second-order valence-corrected chi connectivity index (χ2v) is 4.26. The van der Waals surface area contributed by atoms with Gasteiger partial charge in [-0.1, -0.05) is 31.9 Å². The third kappa shape index (κ3) is 1.19. The SMILES string of the molecule is O=C1OCc2c(Br)cc(Br)cc21. The minimum Gasteiger partial charge on any atom is -0.457 e. The Kier molecular flexibility index (Phi) is 1.96. The Hall–Kier alpha value is -0.350. The van der Waals surface area contributed by atoms with Crippen molar-refractivity contribution < 1.29 is 9.53 Å². The summed E-state index contributed by atoms with van der Waals surface area (Å²) in [4.78, 5) is 11.1. The second kappa shape index (κ2) is 2.85. The fraction of sp³-hybridized carbons (Fsp3) is 0.125. The molecule has 0 unspecified atom stereocenters. The standard InChI is InChI=1S/C8H4Br2O2/c9-4-1-5-6(7(10)2-4)3-12-8(5)11/h1-2H,3H2. The van der Waals surface area contributed by atoms with E-state index in [4.69, 9.17) is 4.74 Å². The molecular weight excluding hydrogens is 288 g/mol. The molecule has 0 aromatic heterocycles. The maximum absolute atomic E-state index is 11.1. The summed E-state index contributed by atoms with van der Waals surface area (Å²) in [6.07, 6.45) is 0. The number of carbonyl (C=O) groups is 1. The van der Waals surface area contributed by atoms with Gasteiger partial charge in [0.25, 0.3) is 0 Å². The van der Waals surface area contributed by atoms with Gasteiger partial charge >= 0.3 is 5.97 Å². The highest BCUT2D eigenvalue weighted by Gasteiger charge is 2.23. The molecule has 2 nitrogen and oxygen atoms in total. The lowest BCUT2D eigenvalue weighted by molar-refractivity contribution is 0.0535. The lowest BCUT2D eigenvalue weighted by Gasteiger charge is -1.98. The van der Waals surface area contributed by atoms with E-state index < -0.39 is 0 Å². The number of hydrogen-bond donors (Lipinski definition) is 0. The first kappa shape index (κ1) is 8.26. The first-order valence-electron chi connectivity index (χ1n) is 3.33. The molecule has 4 heteroatoms. The fourth-order valence-electron chi connectivity index (χ4n) is 1.15. The van der Waals surface area contributed by atoms with Crippen LogP contribution in [0.4, 0.5) is 0 Å². The topological polar surface area (TPSA) is 26.3 Å². The van der Waals surface area contributed by atoms with E-state index in [9.17, 15) is 4.79 Å². The van der Waals surface area contributed by atoms with E-state index in [0.717, 1.165) is 14.5 Å². The predicted molar refractivity (Wildman–Crippen MR) is 51.0 cm³/mol. The number of hydrogen-bond acceptors (Lipinski definition) is 2. The molecule has 0 spiro atoms. The van der Waals surface area contributed by atoms with E-state index in [0.29, 0.717) is 12.2 Å². The Balaban J connectivity index is 2.68. The minimum absolute atomic E-state index is 0.244. The molecule has 0 atom stereocenters. The molecule has 1 aliphatic heterocycles. The van der Waals surface area contributed by atoms with Gasteiger partial charge in [-0.15, -0.1) is 0 Å². The average molecular weight is 292 g/mol. The van der Waals surface area contributed by atoms with Gasteiger partial charge in [0.05, 0.1) is 5.56 Å². The summed E-state index contributed by atoms with van der Waals surface area (Å²) in [5.74, 6) is -0.244. The monoisotopic (exact) mass is 290 g/mol. The van der Waals surface area contributed by atoms with Crippen LogP contribution in [0.3, 0.4) is 0 Å². The number of carbonyl (C=O) groups excluding carboxylic acids is 1. The van der Waals surface area contributed by atoms with Crippen LogP contribution in [0.5, 0.6) is 0 Å². The highest BCUT2D eigenvalue weighted by Crippen LogP contribution is 2.30. The average Bonchev–Trinajstić information content (AvgIpc) is 2.33. The quantitative estimate of drug-likeness (QED) is 0.687. The van der Waals surface area contributed by atoms with Gasteiger partial charge in [-0.3, -0.25) is 0 Å². The molecule has 0 saturated heterocycles. The number of ether oxygens (including phenoxy) is 1. The van der Waals surface area contributed by atoms with Gasteiger partial charge in [-0.05, 0) is 12.1 Å². The van der Waals surface area contributed by atoms with Crippen LogP contribution in [0.15, 0.2) is 21.1 Å². The van der Waals surface area contributed by atoms with Gasteiger partial charge in [0.2, 0.25) is 0 Å². The van der Waals surface area contributed by atoms with Crippen molar-refractivity contribution in [1.82, 2.24) is 0 Å². The maximum Gasteiger partial charge on any atom is 0.338 e. The number of esters is 1. The molecule has 62 valence electrons. The Labute approximate surface area is 86.2 Å². The van der Waals surface area contributed by atoms with Gasteiger partial charge in [0.1, 0.15) is 6.61 Å². The molecule has 0 radical (unpaired) electrons. The highest BCUT2D eigenvalue weighted by atomic mass is 79.9. The first-order valence-corrected chi connectivity index (χ1v) is 4.92. The largest absolute Gasteiger partial charge is 0.457 e. The van der Waals surface area contributed by atoms with Crippen LogP contribution in [-0.2, 0) is 11.3 Å². The summed E-state index contributed by atoms with van der Waals surface area (Å²) in [7, 11) is 0. The molecule has 0 saturated carbocycles. The van der Waals surface area contributed by atoms with Crippen molar-refractivity contribution >= 4 is 37.8 Å². The zero-order chi connectivity index (χ0) is 8.72. The molecule has 1 aliphatic rings. The van der Waals surface area contributed by atoms with Gasteiger partial charge in [0, 0.05) is 14.5 Å². The van der Waals surface area contributed by atoms with Crippen molar-refractivity contribution in [2.24, 2.45) is 0 Å². The summed E-state index contributed by atoms with van der Waals surface area (Å²) in [6.45, 7) is 0.377.